The normalized spacial score (nSPS) is 12.2. The lowest BCUT2D eigenvalue weighted by molar-refractivity contribution is -0.142. The minimum Gasteiger partial charge on any atom is -0.480 e. The Balaban J connectivity index is 0.00000512. The first-order chi connectivity index (χ1) is 14.8. The van der Waals surface area contributed by atoms with Crippen molar-refractivity contribution in [2.24, 2.45) is 5.92 Å². The molecule has 0 saturated carbocycles. The predicted molar refractivity (Wildman–Crippen MR) is 116 cm³/mol. The van der Waals surface area contributed by atoms with Gasteiger partial charge in [-0.1, -0.05) is 32.0 Å². The number of rotatable bonds is 11. The Kier molecular flexibility index (Phi) is 10.6. The first-order valence-electron chi connectivity index (χ1n) is 9.89. The molecule has 0 aliphatic rings. The van der Waals surface area contributed by atoms with Crippen molar-refractivity contribution < 1.29 is 29.8 Å². The fourth-order valence-electron chi connectivity index (χ4n) is 2.89. The predicted octanol–water partition coefficient (Wildman–Crippen LogP) is -0.342. The van der Waals surface area contributed by atoms with Gasteiger partial charge in [-0.05, 0) is 24.5 Å². The lowest BCUT2D eigenvalue weighted by Crippen LogP contribution is -2.54. The van der Waals surface area contributed by atoms with Crippen LogP contribution in [0.15, 0.2) is 42.9 Å². The molecular formula is C21H29N5O6. The van der Waals surface area contributed by atoms with E-state index in [9.17, 15) is 24.3 Å². The summed E-state index contributed by atoms with van der Waals surface area (Å²) in [6.07, 6.45) is 3.27. The maximum Gasteiger partial charge on any atom is 0.326 e. The summed E-state index contributed by atoms with van der Waals surface area (Å²) in [6, 6.07) is 6.28. The van der Waals surface area contributed by atoms with E-state index in [1.54, 1.807) is 30.3 Å². The Morgan fingerprint density at radius 2 is 1.75 bits per heavy atom. The molecule has 0 aliphatic heterocycles. The number of hydrogen-bond acceptors (Lipinski definition) is 5. The molecule has 0 saturated heterocycles. The monoisotopic (exact) mass is 447 g/mol. The van der Waals surface area contributed by atoms with Crippen LogP contribution in [0.2, 0.25) is 0 Å². The van der Waals surface area contributed by atoms with Gasteiger partial charge < -0.3 is 31.5 Å². The molecule has 11 heteroatoms. The fourth-order valence-corrected chi connectivity index (χ4v) is 2.89. The smallest absolute Gasteiger partial charge is 0.326 e. The topological polar surface area (TPSA) is 185 Å². The number of nitrogens with zero attached hydrogens (tertiary/aromatic N) is 1. The Hall–Kier alpha value is -3.73. The van der Waals surface area contributed by atoms with Crippen LogP contribution in [0.5, 0.6) is 0 Å². The fraction of sp³-hybridized carbons (Fsp3) is 0.381. The zero-order valence-electron chi connectivity index (χ0n) is 17.9. The summed E-state index contributed by atoms with van der Waals surface area (Å²) in [5.41, 5.74) is 0.990. The van der Waals surface area contributed by atoms with Crippen LogP contribution >= 0.6 is 0 Å². The standard InChI is InChI=1S/C21H27N5O5.H2O/c1-13(2)8-17(21(30)31)26-20(29)16(9-15-10-22-12-24-15)25-18(27)11-23-19(28)14-6-4-3-5-7-14;/h3-7,10,12-13,16-17H,8-9,11H2,1-2H3,(H,22,24)(H,23,28)(H,25,27)(H,26,29)(H,30,31);1H2/t16-,17-;/m0./s1. The molecule has 0 fully saturated rings. The molecular weight excluding hydrogens is 418 g/mol. The average Bonchev–Trinajstić information content (AvgIpc) is 3.24. The van der Waals surface area contributed by atoms with Gasteiger partial charge in [-0.15, -0.1) is 0 Å². The van der Waals surface area contributed by atoms with Crippen LogP contribution in [0.4, 0.5) is 0 Å². The summed E-state index contributed by atoms with van der Waals surface area (Å²) in [6.45, 7) is 3.36. The van der Waals surface area contributed by atoms with Gasteiger partial charge in [0.25, 0.3) is 5.91 Å². The molecule has 2 aromatic rings. The number of carbonyl (C=O) groups excluding carboxylic acids is 3. The molecule has 1 aromatic carbocycles. The Morgan fingerprint density at radius 3 is 2.31 bits per heavy atom. The van der Waals surface area contributed by atoms with Crippen LogP contribution in [0.25, 0.3) is 0 Å². The molecule has 1 aromatic heterocycles. The number of benzene rings is 1. The number of hydrogen-bond donors (Lipinski definition) is 5. The second kappa shape index (κ2) is 12.8. The third kappa shape index (κ3) is 8.56. The molecule has 174 valence electrons. The molecule has 0 unspecified atom stereocenters. The Morgan fingerprint density at radius 1 is 1.06 bits per heavy atom. The molecule has 3 amide bonds. The second-order valence-electron chi connectivity index (χ2n) is 7.48. The number of H-pyrrole nitrogens is 1. The number of aliphatic carboxylic acids is 1. The van der Waals surface area contributed by atoms with E-state index in [1.165, 1.54) is 12.5 Å². The Bertz CT molecular complexity index is 885. The summed E-state index contributed by atoms with van der Waals surface area (Å²) in [5, 5.41) is 16.9. The average molecular weight is 447 g/mol. The van der Waals surface area contributed by atoms with Crippen molar-refractivity contribution in [2.45, 2.75) is 38.8 Å². The highest BCUT2D eigenvalue weighted by molar-refractivity contribution is 5.97. The number of carboxylic acids is 1. The van der Waals surface area contributed by atoms with E-state index in [0.29, 0.717) is 11.3 Å². The zero-order valence-corrected chi connectivity index (χ0v) is 17.9. The number of aromatic nitrogens is 2. The molecule has 11 nitrogen and oxygen atoms in total. The molecule has 0 aliphatic carbocycles. The van der Waals surface area contributed by atoms with Crippen molar-refractivity contribution in [3.05, 3.63) is 54.1 Å². The van der Waals surface area contributed by atoms with E-state index in [1.807, 2.05) is 13.8 Å². The van der Waals surface area contributed by atoms with Gasteiger partial charge in [0, 0.05) is 23.9 Å². The molecule has 1 heterocycles. The highest BCUT2D eigenvalue weighted by atomic mass is 16.4. The Labute approximate surface area is 185 Å². The molecule has 0 spiro atoms. The summed E-state index contributed by atoms with van der Waals surface area (Å²) < 4.78 is 0. The van der Waals surface area contributed by atoms with E-state index in [-0.39, 0.29) is 30.8 Å². The van der Waals surface area contributed by atoms with Crippen LogP contribution in [0.1, 0.15) is 36.3 Å². The van der Waals surface area contributed by atoms with E-state index in [0.717, 1.165) is 0 Å². The number of imidazole rings is 1. The van der Waals surface area contributed by atoms with E-state index in [2.05, 4.69) is 25.9 Å². The van der Waals surface area contributed by atoms with Gasteiger partial charge in [-0.3, -0.25) is 14.4 Å². The molecule has 0 radical (unpaired) electrons. The molecule has 0 bridgehead atoms. The highest BCUT2D eigenvalue weighted by Gasteiger charge is 2.27. The molecule has 7 N–H and O–H groups in total. The third-order valence-corrected chi connectivity index (χ3v) is 4.40. The second-order valence-corrected chi connectivity index (χ2v) is 7.48. The van der Waals surface area contributed by atoms with Crippen molar-refractivity contribution in [2.75, 3.05) is 6.54 Å². The van der Waals surface area contributed by atoms with Crippen molar-refractivity contribution in [3.63, 3.8) is 0 Å². The number of carboxylic acid groups (broad SMARTS) is 1. The van der Waals surface area contributed by atoms with Crippen molar-refractivity contribution in [3.8, 4) is 0 Å². The third-order valence-electron chi connectivity index (χ3n) is 4.40. The summed E-state index contributed by atoms with van der Waals surface area (Å²) >= 11 is 0. The van der Waals surface area contributed by atoms with Gasteiger partial charge in [0.05, 0.1) is 12.9 Å². The number of amides is 3. The van der Waals surface area contributed by atoms with Crippen LogP contribution in [-0.2, 0) is 20.8 Å². The number of aromatic amines is 1. The summed E-state index contributed by atoms with van der Waals surface area (Å²) in [5.74, 6) is -2.74. The minimum atomic E-state index is -1.15. The van der Waals surface area contributed by atoms with Gasteiger partial charge >= 0.3 is 5.97 Å². The molecule has 32 heavy (non-hydrogen) atoms. The van der Waals surface area contributed by atoms with E-state index >= 15 is 0 Å². The quantitative estimate of drug-likeness (QED) is 0.313. The SMILES string of the molecule is CC(C)C[C@H](NC(=O)[C@H](Cc1cnc[nH]1)NC(=O)CNC(=O)c1ccccc1)C(=O)O.O. The van der Waals surface area contributed by atoms with Crippen molar-refractivity contribution >= 4 is 23.7 Å². The van der Waals surface area contributed by atoms with Crippen LogP contribution in [0.3, 0.4) is 0 Å². The van der Waals surface area contributed by atoms with Crippen LogP contribution < -0.4 is 16.0 Å². The van der Waals surface area contributed by atoms with Gasteiger partial charge in [-0.25, -0.2) is 9.78 Å². The van der Waals surface area contributed by atoms with E-state index < -0.39 is 35.8 Å². The summed E-state index contributed by atoms with van der Waals surface area (Å²) in [7, 11) is 0. The largest absolute Gasteiger partial charge is 0.480 e. The minimum absolute atomic E-state index is 0. The first-order valence-corrected chi connectivity index (χ1v) is 9.89. The summed E-state index contributed by atoms with van der Waals surface area (Å²) in [4.78, 5) is 55.4. The molecule has 2 rings (SSSR count). The van der Waals surface area contributed by atoms with Crippen LogP contribution in [0, 0.1) is 5.92 Å². The number of nitrogens with one attached hydrogen (secondary N) is 4. The maximum absolute atomic E-state index is 12.8. The van der Waals surface area contributed by atoms with Gasteiger partial charge in [0.1, 0.15) is 12.1 Å². The molecule has 2 atom stereocenters. The van der Waals surface area contributed by atoms with Gasteiger partial charge in [-0.2, -0.15) is 0 Å². The maximum atomic E-state index is 12.8. The van der Waals surface area contributed by atoms with Crippen LogP contribution in [-0.4, -0.2) is 62.9 Å². The van der Waals surface area contributed by atoms with Crippen molar-refractivity contribution in [1.82, 2.24) is 25.9 Å². The van der Waals surface area contributed by atoms with Crippen molar-refractivity contribution in [1.29, 1.82) is 0 Å². The highest BCUT2D eigenvalue weighted by Crippen LogP contribution is 2.07. The van der Waals surface area contributed by atoms with Gasteiger partial charge in [0.2, 0.25) is 11.8 Å². The lowest BCUT2D eigenvalue weighted by Gasteiger charge is -2.22. The lowest BCUT2D eigenvalue weighted by atomic mass is 10.0. The van der Waals surface area contributed by atoms with Gasteiger partial charge in [0.15, 0.2) is 0 Å². The number of carbonyl (C=O) groups is 4. The van der Waals surface area contributed by atoms with E-state index in [4.69, 9.17) is 0 Å². The first kappa shape index (κ1) is 26.3. The zero-order chi connectivity index (χ0) is 22.8.